The monoisotopic (exact) mass is 286 g/mol. The number of anilines is 1. The second-order valence-corrected chi connectivity index (χ2v) is 5.97. The Labute approximate surface area is 123 Å². The maximum Gasteiger partial charge on any atom is 0.240 e. The molecular weight excluding hydrogens is 268 g/mol. The Balaban J connectivity index is 1.39. The molecule has 2 aliphatic heterocycles. The van der Waals surface area contributed by atoms with E-state index in [0.29, 0.717) is 17.7 Å². The minimum absolute atomic E-state index is 0.697. The van der Waals surface area contributed by atoms with Gasteiger partial charge < -0.3 is 9.42 Å². The van der Waals surface area contributed by atoms with Gasteiger partial charge in [-0.1, -0.05) is 5.16 Å². The fraction of sp³-hybridized carbons (Fsp3) is 0.571. The van der Waals surface area contributed by atoms with Crippen LogP contribution in [0.1, 0.15) is 11.6 Å². The molecule has 0 spiro atoms. The van der Waals surface area contributed by atoms with Crippen LogP contribution < -0.4 is 4.90 Å². The highest BCUT2D eigenvalue weighted by molar-refractivity contribution is 5.40. The van der Waals surface area contributed by atoms with Crippen molar-refractivity contribution < 1.29 is 4.52 Å². The Morgan fingerprint density at radius 1 is 1.10 bits per heavy atom. The van der Waals surface area contributed by atoms with E-state index in [1.54, 1.807) is 6.33 Å². The highest BCUT2D eigenvalue weighted by Gasteiger charge is 2.40. The molecule has 0 saturated carbocycles. The van der Waals surface area contributed by atoms with Crippen molar-refractivity contribution >= 4 is 5.82 Å². The number of rotatable bonds is 3. The zero-order valence-corrected chi connectivity index (χ0v) is 12.0. The van der Waals surface area contributed by atoms with E-state index >= 15 is 0 Å². The summed E-state index contributed by atoms with van der Waals surface area (Å²) in [5.74, 6) is 3.16. The molecule has 110 valence electrons. The molecule has 0 radical (unpaired) electrons. The van der Waals surface area contributed by atoms with E-state index in [-0.39, 0.29) is 0 Å². The van der Waals surface area contributed by atoms with Crippen LogP contribution in [0.5, 0.6) is 0 Å². The van der Waals surface area contributed by atoms with Crippen LogP contribution >= 0.6 is 0 Å². The molecule has 2 saturated heterocycles. The molecule has 0 aromatic carbocycles. The predicted molar refractivity (Wildman–Crippen MR) is 75.5 cm³/mol. The lowest BCUT2D eigenvalue weighted by Crippen LogP contribution is -2.29. The predicted octanol–water partition coefficient (Wildman–Crippen LogP) is 0.736. The van der Waals surface area contributed by atoms with Crippen LogP contribution in [0.2, 0.25) is 0 Å². The minimum Gasteiger partial charge on any atom is -0.356 e. The lowest BCUT2D eigenvalue weighted by Gasteiger charge is -2.21. The highest BCUT2D eigenvalue weighted by atomic mass is 16.5. The number of nitrogens with zero attached hydrogens (tertiary/aromatic N) is 6. The first kappa shape index (κ1) is 12.7. The average molecular weight is 286 g/mol. The van der Waals surface area contributed by atoms with E-state index in [0.717, 1.165) is 44.2 Å². The van der Waals surface area contributed by atoms with Crippen LogP contribution in [0.25, 0.3) is 0 Å². The summed E-state index contributed by atoms with van der Waals surface area (Å²) < 4.78 is 5.09. The molecule has 2 aromatic rings. The second kappa shape index (κ2) is 5.07. The minimum atomic E-state index is 0.697. The molecule has 7 heteroatoms. The zero-order chi connectivity index (χ0) is 14.2. The van der Waals surface area contributed by atoms with Gasteiger partial charge in [0.05, 0.1) is 6.54 Å². The quantitative estimate of drug-likeness (QED) is 0.824. The summed E-state index contributed by atoms with van der Waals surface area (Å²) in [6.45, 7) is 7.10. The van der Waals surface area contributed by atoms with Gasteiger partial charge in [-0.05, 0) is 18.8 Å². The lowest BCUT2D eigenvalue weighted by molar-refractivity contribution is 0.255. The largest absolute Gasteiger partial charge is 0.356 e. The van der Waals surface area contributed by atoms with Gasteiger partial charge in [-0.25, -0.2) is 9.97 Å². The SMILES string of the molecule is Cc1cc(N2CC3CN(Cc4ncno4)CC3C2)ncn1. The fourth-order valence-electron chi connectivity index (χ4n) is 3.48. The molecule has 4 heterocycles. The van der Waals surface area contributed by atoms with Crippen molar-refractivity contribution in [1.82, 2.24) is 25.0 Å². The summed E-state index contributed by atoms with van der Waals surface area (Å²) in [6.07, 6.45) is 3.12. The van der Waals surface area contributed by atoms with E-state index < -0.39 is 0 Å². The van der Waals surface area contributed by atoms with Crippen molar-refractivity contribution in [3.05, 3.63) is 30.3 Å². The number of likely N-dealkylation sites (tertiary alicyclic amines) is 1. The summed E-state index contributed by atoms with van der Waals surface area (Å²) in [5, 5.41) is 3.66. The highest BCUT2D eigenvalue weighted by Crippen LogP contribution is 2.33. The third-order valence-electron chi connectivity index (χ3n) is 4.44. The van der Waals surface area contributed by atoms with Crippen LogP contribution in [0, 0.1) is 18.8 Å². The normalized spacial score (nSPS) is 25.5. The molecule has 0 bridgehead atoms. The van der Waals surface area contributed by atoms with Gasteiger partial charge in [-0.15, -0.1) is 0 Å². The number of fused-ring (bicyclic) bond motifs is 1. The van der Waals surface area contributed by atoms with Crippen LogP contribution in [-0.4, -0.2) is 51.2 Å². The van der Waals surface area contributed by atoms with E-state index in [1.807, 2.05) is 6.92 Å². The maximum absolute atomic E-state index is 5.09. The Morgan fingerprint density at radius 3 is 2.57 bits per heavy atom. The average Bonchev–Trinajstić information content (AvgIpc) is 3.14. The van der Waals surface area contributed by atoms with E-state index in [1.165, 1.54) is 6.33 Å². The molecule has 2 aliphatic rings. The van der Waals surface area contributed by atoms with Gasteiger partial charge in [0.25, 0.3) is 0 Å². The topological polar surface area (TPSA) is 71.2 Å². The first-order valence-corrected chi connectivity index (χ1v) is 7.29. The van der Waals surface area contributed by atoms with Gasteiger partial charge in [0.15, 0.2) is 6.33 Å². The summed E-state index contributed by atoms with van der Waals surface area (Å²) in [7, 11) is 0. The van der Waals surface area contributed by atoms with Gasteiger partial charge in [0.2, 0.25) is 5.89 Å². The van der Waals surface area contributed by atoms with E-state index in [4.69, 9.17) is 4.52 Å². The van der Waals surface area contributed by atoms with Crippen molar-refractivity contribution in [2.45, 2.75) is 13.5 Å². The lowest BCUT2D eigenvalue weighted by atomic mass is 10.0. The standard InChI is InChI=1S/C14H18N6O/c1-10-2-13(16-8-15-10)20-5-11-3-19(4-12(11)6-20)7-14-17-9-18-21-14/h2,8-9,11-12H,3-7H2,1H3. The summed E-state index contributed by atoms with van der Waals surface area (Å²) >= 11 is 0. The maximum atomic E-state index is 5.09. The zero-order valence-electron chi connectivity index (χ0n) is 12.0. The first-order valence-electron chi connectivity index (χ1n) is 7.29. The Kier molecular flexibility index (Phi) is 3.07. The third kappa shape index (κ3) is 2.49. The third-order valence-corrected chi connectivity index (χ3v) is 4.44. The summed E-state index contributed by atoms with van der Waals surface area (Å²) in [4.78, 5) is 17.5. The number of aryl methyl sites for hydroxylation is 1. The Bertz CT molecular complexity index is 602. The van der Waals surface area contributed by atoms with Crippen LogP contribution in [0.3, 0.4) is 0 Å². The molecule has 2 atom stereocenters. The van der Waals surface area contributed by atoms with Gasteiger partial charge >= 0.3 is 0 Å². The number of hydrogen-bond donors (Lipinski definition) is 0. The van der Waals surface area contributed by atoms with Gasteiger partial charge in [-0.3, -0.25) is 4.90 Å². The van der Waals surface area contributed by atoms with Crippen LogP contribution in [-0.2, 0) is 6.54 Å². The van der Waals surface area contributed by atoms with Crippen LogP contribution in [0.15, 0.2) is 23.2 Å². The molecule has 2 aromatic heterocycles. The smallest absolute Gasteiger partial charge is 0.240 e. The van der Waals surface area contributed by atoms with Crippen LogP contribution in [0.4, 0.5) is 5.82 Å². The second-order valence-electron chi connectivity index (χ2n) is 5.97. The number of aromatic nitrogens is 4. The number of hydrogen-bond acceptors (Lipinski definition) is 7. The van der Waals surface area contributed by atoms with Crippen molar-refractivity contribution in [2.75, 3.05) is 31.1 Å². The Hall–Kier alpha value is -2.02. The van der Waals surface area contributed by atoms with Crippen molar-refractivity contribution in [1.29, 1.82) is 0 Å². The Morgan fingerprint density at radius 2 is 1.90 bits per heavy atom. The van der Waals surface area contributed by atoms with E-state index in [2.05, 4.69) is 36.0 Å². The van der Waals surface area contributed by atoms with Gasteiger partial charge in [0.1, 0.15) is 12.1 Å². The van der Waals surface area contributed by atoms with Gasteiger partial charge in [-0.2, -0.15) is 4.98 Å². The van der Waals surface area contributed by atoms with Crippen molar-refractivity contribution in [2.24, 2.45) is 11.8 Å². The van der Waals surface area contributed by atoms with Gasteiger partial charge in [0, 0.05) is 37.9 Å². The fourth-order valence-corrected chi connectivity index (χ4v) is 3.48. The molecule has 4 rings (SSSR count). The molecule has 2 unspecified atom stereocenters. The first-order chi connectivity index (χ1) is 10.3. The molecule has 2 fully saturated rings. The summed E-state index contributed by atoms with van der Waals surface area (Å²) in [6, 6.07) is 2.07. The summed E-state index contributed by atoms with van der Waals surface area (Å²) in [5.41, 5.74) is 1.02. The van der Waals surface area contributed by atoms with Crippen molar-refractivity contribution in [3.63, 3.8) is 0 Å². The molecule has 7 nitrogen and oxygen atoms in total. The van der Waals surface area contributed by atoms with Crippen molar-refractivity contribution in [3.8, 4) is 0 Å². The molecule has 0 aliphatic carbocycles. The molecule has 0 amide bonds. The molecule has 21 heavy (non-hydrogen) atoms. The van der Waals surface area contributed by atoms with E-state index in [9.17, 15) is 0 Å². The molecule has 0 N–H and O–H groups in total. The molecular formula is C14H18N6O.